The Morgan fingerprint density at radius 1 is 1.43 bits per heavy atom. The monoisotopic (exact) mass is 574 g/mol. The molecule has 0 heterocycles. The van der Waals surface area contributed by atoms with E-state index in [9.17, 15) is 14.9 Å². The number of carboxylic acid groups (broad SMARTS) is 1. The normalized spacial score (nSPS) is 10.9. The predicted octanol–water partition coefficient (Wildman–Crippen LogP) is 5.02. The first-order valence-corrected chi connectivity index (χ1v) is 9.99. The second kappa shape index (κ2) is 9.91. The van der Waals surface area contributed by atoms with Crippen LogP contribution < -0.4 is 10.1 Å². The Balaban J connectivity index is 2.28. The van der Waals surface area contributed by atoms with Gasteiger partial charge in [-0.3, -0.25) is 4.79 Å². The maximum atomic E-state index is 12.5. The van der Waals surface area contributed by atoms with Crippen LogP contribution in [0.5, 0.6) is 5.75 Å². The number of amides is 1. The summed E-state index contributed by atoms with van der Waals surface area (Å²) in [6, 6.07) is 10.3. The van der Waals surface area contributed by atoms with Crippen LogP contribution >= 0.6 is 50.1 Å². The Morgan fingerprint density at radius 3 is 2.75 bits per heavy atom. The minimum atomic E-state index is -1.09. The minimum absolute atomic E-state index is 0.0960. The number of benzene rings is 2. The Kier molecular flexibility index (Phi) is 7.86. The Labute approximate surface area is 188 Å². The molecule has 0 aromatic heterocycles. The van der Waals surface area contributed by atoms with Gasteiger partial charge in [-0.1, -0.05) is 17.7 Å². The van der Waals surface area contributed by atoms with E-state index in [-0.39, 0.29) is 5.57 Å². The maximum Gasteiger partial charge on any atom is 0.341 e. The summed E-state index contributed by atoms with van der Waals surface area (Å²) < 4.78 is 6.37. The fourth-order valence-electron chi connectivity index (χ4n) is 2.18. The SMILES string of the molecule is Cc1c(Cl)cccc1NC(=O)/C(C#N)=C\c1cc(Br)c(OCC(=O)O)c(I)c1. The van der Waals surface area contributed by atoms with Crippen LogP contribution in [0.1, 0.15) is 11.1 Å². The molecule has 0 fully saturated rings. The van der Waals surface area contributed by atoms with Crippen LogP contribution in [0.2, 0.25) is 5.02 Å². The quantitative estimate of drug-likeness (QED) is 0.286. The third kappa shape index (κ3) is 5.70. The number of nitriles is 1. The lowest BCUT2D eigenvalue weighted by atomic mass is 10.1. The molecule has 0 saturated heterocycles. The maximum absolute atomic E-state index is 12.5. The number of aliphatic carboxylic acids is 1. The first-order chi connectivity index (χ1) is 13.2. The number of carboxylic acids is 1. The van der Waals surface area contributed by atoms with Crippen molar-refractivity contribution in [3.63, 3.8) is 0 Å². The van der Waals surface area contributed by atoms with Gasteiger partial charge in [0, 0.05) is 10.7 Å². The van der Waals surface area contributed by atoms with E-state index < -0.39 is 18.5 Å². The van der Waals surface area contributed by atoms with Crippen LogP contribution in [0.4, 0.5) is 5.69 Å². The van der Waals surface area contributed by atoms with Crippen LogP contribution in [-0.2, 0) is 9.59 Å². The molecule has 0 radical (unpaired) electrons. The molecule has 2 N–H and O–H groups in total. The highest BCUT2D eigenvalue weighted by Gasteiger charge is 2.14. The van der Waals surface area contributed by atoms with Crippen molar-refractivity contribution in [1.29, 1.82) is 5.26 Å². The van der Waals surface area contributed by atoms with Gasteiger partial charge in [-0.05, 0) is 86.9 Å². The number of hydrogen-bond donors (Lipinski definition) is 2. The summed E-state index contributed by atoms with van der Waals surface area (Å²) >= 11 is 11.4. The highest BCUT2D eigenvalue weighted by molar-refractivity contribution is 14.1. The molecule has 0 spiro atoms. The summed E-state index contributed by atoms with van der Waals surface area (Å²) in [6.07, 6.45) is 1.43. The van der Waals surface area contributed by atoms with Crippen LogP contribution in [0.3, 0.4) is 0 Å². The predicted molar refractivity (Wildman–Crippen MR) is 118 cm³/mol. The van der Waals surface area contributed by atoms with Crippen molar-refractivity contribution < 1.29 is 19.4 Å². The average molecular weight is 576 g/mol. The van der Waals surface area contributed by atoms with Crippen molar-refractivity contribution in [2.45, 2.75) is 6.92 Å². The zero-order chi connectivity index (χ0) is 20.8. The van der Waals surface area contributed by atoms with Crippen LogP contribution in [0.15, 0.2) is 40.4 Å². The van der Waals surface area contributed by atoms with E-state index in [4.69, 9.17) is 21.4 Å². The van der Waals surface area contributed by atoms with Crippen LogP contribution in [0, 0.1) is 21.8 Å². The Morgan fingerprint density at radius 2 is 2.14 bits per heavy atom. The molecule has 2 aromatic carbocycles. The summed E-state index contributed by atoms with van der Waals surface area (Å²) in [5, 5.41) is 21.3. The van der Waals surface area contributed by atoms with Gasteiger partial charge in [-0.25, -0.2) is 4.79 Å². The lowest BCUT2D eigenvalue weighted by Crippen LogP contribution is -2.14. The third-order valence-electron chi connectivity index (χ3n) is 3.55. The number of nitrogens with one attached hydrogen (secondary N) is 1. The number of nitrogens with zero attached hydrogens (tertiary/aromatic N) is 1. The molecule has 0 unspecified atom stereocenters. The fraction of sp³-hybridized carbons (Fsp3) is 0.105. The third-order valence-corrected chi connectivity index (χ3v) is 5.35. The van der Waals surface area contributed by atoms with E-state index in [1.54, 1.807) is 37.3 Å². The molecule has 9 heteroatoms. The Bertz CT molecular complexity index is 994. The van der Waals surface area contributed by atoms with Gasteiger partial charge in [0.05, 0.1) is 8.04 Å². The molecule has 1 amide bonds. The first kappa shape index (κ1) is 22.2. The topological polar surface area (TPSA) is 99.4 Å². The number of carbonyl (C=O) groups is 2. The number of carbonyl (C=O) groups excluding carboxylic acids is 1. The molecule has 2 aromatic rings. The first-order valence-electron chi connectivity index (χ1n) is 7.74. The molecule has 0 saturated carbocycles. The van der Waals surface area contributed by atoms with Gasteiger partial charge >= 0.3 is 5.97 Å². The molecule has 28 heavy (non-hydrogen) atoms. The standard InChI is InChI=1S/C19H13BrClIN2O4/c1-10-14(21)3-2-4-16(10)24-19(27)12(8-23)5-11-6-13(20)18(15(22)7-11)28-9-17(25)26/h2-7H,9H2,1H3,(H,24,27)(H,25,26)/b12-5-. The Hall–Kier alpha value is -2.09. The average Bonchev–Trinajstić information content (AvgIpc) is 2.62. The van der Waals surface area contributed by atoms with Gasteiger partial charge in [0.1, 0.15) is 17.4 Å². The number of hydrogen-bond acceptors (Lipinski definition) is 4. The molecule has 6 nitrogen and oxygen atoms in total. The molecule has 0 aliphatic rings. The van der Waals surface area contributed by atoms with Crippen molar-refractivity contribution in [2.75, 3.05) is 11.9 Å². The van der Waals surface area contributed by atoms with Gasteiger partial charge in [-0.2, -0.15) is 5.26 Å². The molecule has 144 valence electrons. The largest absolute Gasteiger partial charge is 0.480 e. The van der Waals surface area contributed by atoms with Gasteiger partial charge in [0.25, 0.3) is 5.91 Å². The molecule has 0 aliphatic carbocycles. The number of ether oxygens (including phenoxy) is 1. The van der Waals surface area contributed by atoms with Gasteiger partial charge < -0.3 is 15.2 Å². The second-order valence-corrected chi connectivity index (χ2v) is 7.96. The van der Waals surface area contributed by atoms with E-state index in [2.05, 4.69) is 21.2 Å². The number of anilines is 1. The molecular formula is C19H13BrClIN2O4. The highest BCUT2D eigenvalue weighted by atomic mass is 127. The van der Waals surface area contributed by atoms with Crippen molar-refractivity contribution in [2.24, 2.45) is 0 Å². The lowest BCUT2D eigenvalue weighted by molar-refractivity contribution is -0.139. The van der Waals surface area contributed by atoms with Crippen molar-refractivity contribution >= 4 is 73.8 Å². The summed E-state index contributed by atoms with van der Waals surface area (Å²) in [5.41, 5.74) is 1.70. The minimum Gasteiger partial charge on any atom is -0.480 e. The van der Waals surface area contributed by atoms with Crippen LogP contribution in [-0.4, -0.2) is 23.6 Å². The summed E-state index contributed by atoms with van der Waals surface area (Å²) in [7, 11) is 0. The van der Waals surface area contributed by atoms with E-state index in [1.165, 1.54) is 6.08 Å². The summed E-state index contributed by atoms with van der Waals surface area (Å²) in [4.78, 5) is 23.2. The van der Waals surface area contributed by atoms with E-state index in [0.29, 0.717) is 35.6 Å². The lowest BCUT2D eigenvalue weighted by Gasteiger charge is -2.10. The number of halogens is 3. The number of rotatable bonds is 6. The smallest absolute Gasteiger partial charge is 0.341 e. The summed E-state index contributed by atoms with van der Waals surface area (Å²) in [5.74, 6) is -1.28. The van der Waals surface area contributed by atoms with Gasteiger partial charge in [0.2, 0.25) is 0 Å². The van der Waals surface area contributed by atoms with E-state index in [0.717, 1.165) is 0 Å². The molecule has 0 aliphatic heterocycles. The van der Waals surface area contributed by atoms with Crippen molar-refractivity contribution in [3.05, 3.63) is 60.1 Å². The van der Waals surface area contributed by atoms with Crippen molar-refractivity contribution in [3.8, 4) is 11.8 Å². The summed E-state index contributed by atoms with van der Waals surface area (Å²) in [6.45, 7) is 1.29. The highest BCUT2D eigenvalue weighted by Crippen LogP contribution is 2.33. The molecule has 2 rings (SSSR count). The van der Waals surface area contributed by atoms with Crippen LogP contribution in [0.25, 0.3) is 6.08 Å². The van der Waals surface area contributed by atoms with E-state index in [1.807, 2.05) is 28.7 Å². The van der Waals surface area contributed by atoms with Crippen molar-refractivity contribution in [1.82, 2.24) is 0 Å². The van der Waals surface area contributed by atoms with E-state index >= 15 is 0 Å². The fourth-order valence-corrected chi connectivity index (χ4v) is 4.13. The second-order valence-electron chi connectivity index (χ2n) is 5.53. The zero-order valence-electron chi connectivity index (χ0n) is 14.4. The molecule has 0 bridgehead atoms. The van der Waals surface area contributed by atoms with Gasteiger partial charge in [-0.15, -0.1) is 0 Å². The molecule has 0 atom stereocenters. The zero-order valence-corrected chi connectivity index (χ0v) is 18.9. The molecular weight excluding hydrogens is 562 g/mol. The van der Waals surface area contributed by atoms with Gasteiger partial charge in [0.15, 0.2) is 6.61 Å².